The first-order chi connectivity index (χ1) is 17.9. The Morgan fingerprint density at radius 2 is 1.89 bits per heavy atom. The van der Waals surface area contributed by atoms with Crippen molar-refractivity contribution in [1.29, 1.82) is 0 Å². The van der Waals surface area contributed by atoms with Crippen molar-refractivity contribution in [1.82, 2.24) is 4.90 Å². The van der Waals surface area contributed by atoms with E-state index in [2.05, 4.69) is 37.3 Å². The van der Waals surface area contributed by atoms with Crippen molar-refractivity contribution >= 4 is 11.7 Å². The van der Waals surface area contributed by atoms with Crippen LogP contribution in [0.25, 0.3) is 0 Å². The minimum atomic E-state index is -0.133. The molecular weight excluding hydrogens is 458 g/mol. The molecule has 2 saturated carbocycles. The van der Waals surface area contributed by atoms with E-state index in [0.717, 1.165) is 57.1 Å². The van der Waals surface area contributed by atoms with Gasteiger partial charge in [-0.05, 0) is 91.0 Å². The highest BCUT2D eigenvalue weighted by Crippen LogP contribution is 2.62. The molecule has 0 heterocycles. The molecule has 5 atom stereocenters. The summed E-state index contributed by atoms with van der Waals surface area (Å²) >= 11 is 0. The number of carbonyl (C=O) groups excluding carboxylic acids is 2. The Balaban J connectivity index is 1.15. The van der Waals surface area contributed by atoms with Gasteiger partial charge in [-0.25, -0.2) is 0 Å². The number of benzene rings is 2. The Labute approximate surface area is 222 Å². The molecular formula is C33H43NO3. The molecule has 5 rings (SSSR count). The molecule has 0 bridgehead atoms. The summed E-state index contributed by atoms with van der Waals surface area (Å²) < 4.78 is 5.48. The SMILES string of the molecule is COc1ccc2c(c1)CCC1C2CC[C@]2(C)C(=O)C[C@@H](CCCCCC(=O)N(C)Cc3ccccc3)C12. The van der Waals surface area contributed by atoms with Crippen LogP contribution in [-0.2, 0) is 22.6 Å². The van der Waals surface area contributed by atoms with E-state index in [1.165, 1.54) is 23.1 Å². The zero-order chi connectivity index (χ0) is 26.0. The highest BCUT2D eigenvalue weighted by Gasteiger charge is 2.58. The summed E-state index contributed by atoms with van der Waals surface area (Å²) in [5.41, 5.74) is 4.00. The standard InChI is InChI=1S/C33H43NO3/c1-33-19-18-28-27-17-15-26(37-3)20-24(27)14-16-29(28)32(33)25(21-30(33)35)12-8-5-9-13-31(36)34(2)22-23-10-6-4-7-11-23/h4,6-7,10-11,15,17,20,25,28-29,32H,5,8-9,12-14,16,18-19,21-22H2,1-3H3/t25-,28?,29?,32?,33-/m1/s1. The summed E-state index contributed by atoms with van der Waals surface area (Å²) in [7, 11) is 3.64. The van der Waals surface area contributed by atoms with Crippen molar-refractivity contribution in [3.63, 3.8) is 0 Å². The predicted octanol–water partition coefficient (Wildman–Crippen LogP) is 6.96. The molecule has 1 amide bonds. The van der Waals surface area contributed by atoms with E-state index in [0.29, 0.717) is 42.4 Å². The second-order valence-corrected chi connectivity index (χ2v) is 12.1. The summed E-state index contributed by atoms with van der Waals surface area (Å²) in [6.45, 7) is 2.95. The van der Waals surface area contributed by atoms with E-state index in [1.807, 2.05) is 30.1 Å². The third-order valence-electron chi connectivity index (χ3n) is 9.93. The molecule has 0 N–H and O–H groups in total. The Morgan fingerprint density at radius 1 is 1.08 bits per heavy atom. The summed E-state index contributed by atoms with van der Waals surface area (Å²) in [6, 6.07) is 16.8. The number of rotatable bonds is 9. The first kappa shape index (κ1) is 26.0. The van der Waals surface area contributed by atoms with Gasteiger partial charge in [0.1, 0.15) is 11.5 Å². The van der Waals surface area contributed by atoms with Gasteiger partial charge in [0, 0.05) is 31.8 Å². The van der Waals surface area contributed by atoms with Crippen molar-refractivity contribution in [2.24, 2.45) is 23.2 Å². The Hall–Kier alpha value is -2.62. The number of hydrogen-bond donors (Lipinski definition) is 0. The number of nitrogens with zero attached hydrogens (tertiary/aromatic N) is 1. The molecule has 0 spiro atoms. The van der Waals surface area contributed by atoms with Crippen molar-refractivity contribution in [3.8, 4) is 5.75 Å². The number of Topliss-reactive ketones (excluding diaryl/α,β-unsaturated/α-hetero) is 1. The summed E-state index contributed by atoms with van der Waals surface area (Å²) in [4.78, 5) is 27.7. The van der Waals surface area contributed by atoms with Crippen LogP contribution >= 0.6 is 0 Å². The average Bonchev–Trinajstić information content (AvgIpc) is 3.17. The largest absolute Gasteiger partial charge is 0.497 e. The Bertz CT molecular complexity index is 1110. The number of amides is 1. The van der Waals surface area contributed by atoms with Gasteiger partial charge in [-0.2, -0.15) is 0 Å². The summed E-state index contributed by atoms with van der Waals surface area (Å²) in [5, 5.41) is 0. The van der Waals surface area contributed by atoms with E-state index in [-0.39, 0.29) is 11.3 Å². The number of methoxy groups -OCH3 is 1. The molecule has 0 radical (unpaired) electrons. The molecule has 4 nitrogen and oxygen atoms in total. The van der Waals surface area contributed by atoms with Crippen molar-refractivity contribution in [3.05, 3.63) is 65.2 Å². The minimum absolute atomic E-state index is 0.133. The van der Waals surface area contributed by atoms with E-state index >= 15 is 0 Å². The van der Waals surface area contributed by atoms with Gasteiger partial charge in [-0.1, -0.05) is 56.2 Å². The first-order valence-electron chi connectivity index (χ1n) is 14.4. The lowest BCUT2D eigenvalue weighted by molar-refractivity contribution is -0.130. The molecule has 3 aliphatic rings. The van der Waals surface area contributed by atoms with E-state index in [4.69, 9.17) is 4.74 Å². The lowest BCUT2D eigenvalue weighted by Crippen LogP contribution is -2.44. The molecule has 3 aliphatic carbocycles. The molecule has 4 heteroatoms. The zero-order valence-corrected chi connectivity index (χ0v) is 22.9. The fourth-order valence-electron chi connectivity index (χ4n) is 8.01. The molecule has 0 aromatic heterocycles. The zero-order valence-electron chi connectivity index (χ0n) is 22.9. The minimum Gasteiger partial charge on any atom is -0.497 e. The second kappa shape index (κ2) is 11.0. The number of ketones is 1. The van der Waals surface area contributed by atoms with Crippen LogP contribution in [0.1, 0.15) is 87.3 Å². The first-order valence-corrected chi connectivity index (χ1v) is 14.4. The summed E-state index contributed by atoms with van der Waals surface area (Å²) in [5.74, 6) is 3.90. The van der Waals surface area contributed by atoms with Gasteiger partial charge in [0.15, 0.2) is 0 Å². The molecule has 0 saturated heterocycles. The summed E-state index contributed by atoms with van der Waals surface area (Å²) in [6.07, 6.45) is 10.1. The third kappa shape index (κ3) is 5.22. The van der Waals surface area contributed by atoms with E-state index in [9.17, 15) is 9.59 Å². The maximum absolute atomic E-state index is 13.3. The quantitative estimate of drug-likeness (QED) is 0.349. The van der Waals surface area contributed by atoms with Crippen LogP contribution in [0.2, 0.25) is 0 Å². The molecule has 3 unspecified atom stereocenters. The molecule has 198 valence electrons. The van der Waals surface area contributed by atoms with Crippen LogP contribution in [-0.4, -0.2) is 30.7 Å². The van der Waals surface area contributed by atoms with E-state index < -0.39 is 0 Å². The van der Waals surface area contributed by atoms with Crippen molar-refractivity contribution in [2.45, 2.75) is 83.6 Å². The van der Waals surface area contributed by atoms with Crippen molar-refractivity contribution < 1.29 is 14.3 Å². The lowest BCUT2D eigenvalue weighted by atomic mass is 9.54. The Kier molecular flexibility index (Phi) is 7.74. The molecule has 37 heavy (non-hydrogen) atoms. The van der Waals surface area contributed by atoms with E-state index in [1.54, 1.807) is 7.11 Å². The van der Waals surface area contributed by atoms with Gasteiger partial charge in [-0.3, -0.25) is 9.59 Å². The van der Waals surface area contributed by atoms with Crippen LogP contribution in [0.4, 0.5) is 0 Å². The van der Waals surface area contributed by atoms with Crippen LogP contribution in [0.15, 0.2) is 48.5 Å². The molecule has 0 aliphatic heterocycles. The van der Waals surface area contributed by atoms with Gasteiger partial charge in [0.25, 0.3) is 0 Å². The molecule has 2 fully saturated rings. The van der Waals surface area contributed by atoms with Crippen LogP contribution in [0.3, 0.4) is 0 Å². The fourth-order valence-corrected chi connectivity index (χ4v) is 8.01. The predicted molar refractivity (Wildman–Crippen MR) is 147 cm³/mol. The number of ether oxygens (including phenoxy) is 1. The van der Waals surface area contributed by atoms with Gasteiger partial charge >= 0.3 is 0 Å². The second-order valence-electron chi connectivity index (χ2n) is 12.1. The lowest BCUT2D eigenvalue weighted by Gasteiger charge is -2.50. The number of hydrogen-bond acceptors (Lipinski definition) is 3. The number of fused-ring (bicyclic) bond motifs is 5. The van der Waals surface area contributed by atoms with Gasteiger partial charge in [0.05, 0.1) is 7.11 Å². The highest BCUT2D eigenvalue weighted by atomic mass is 16.5. The number of aryl methyl sites for hydroxylation is 1. The fraction of sp³-hybridized carbons (Fsp3) is 0.576. The van der Waals surface area contributed by atoms with Crippen LogP contribution < -0.4 is 4.74 Å². The number of carbonyl (C=O) groups is 2. The highest BCUT2D eigenvalue weighted by molar-refractivity contribution is 5.87. The maximum Gasteiger partial charge on any atom is 0.222 e. The maximum atomic E-state index is 13.3. The molecule has 2 aromatic rings. The smallest absolute Gasteiger partial charge is 0.222 e. The normalized spacial score (nSPS) is 28.2. The van der Waals surface area contributed by atoms with Crippen LogP contribution in [0.5, 0.6) is 5.75 Å². The van der Waals surface area contributed by atoms with Crippen molar-refractivity contribution in [2.75, 3.05) is 14.2 Å². The topological polar surface area (TPSA) is 46.6 Å². The Morgan fingerprint density at radius 3 is 2.68 bits per heavy atom. The molecule has 2 aromatic carbocycles. The average molecular weight is 502 g/mol. The number of unbranched alkanes of at least 4 members (excludes halogenated alkanes) is 2. The van der Waals surface area contributed by atoms with Gasteiger partial charge in [0.2, 0.25) is 5.91 Å². The third-order valence-corrected chi connectivity index (χ3v) is 9.93. The monoisotopic (exact) mass is 501 g/mol. The van der Waals surface area contributed by atoms with Gasteiger partial charge < -0.3 is 9.64 Å². The van der Waals surface area contributed by atoms with Gasteiger partial charge in [-0.15, -0.1) is 0 Å². The van der Waals surface area contributed by atoms with Crippen LogP contribution in [0, 0.1) is 23.2 Å².